The lowest BCUT2D eigenvalue weighted by Gasteiger charge is -2.24. The number of allylic oxidation sites excluding steroid dienone is 2. The van der Waals surface area contributed by atoms with Crippen LogP contribution >= 0.6 is 0 Å². The fraction of sp³-hybridized carbons (Fsp3) is 0.571. The maximum atomic E-state index is 12.4. The van der Waals surface area contributed by atoms with Gasteiger partial charge in [-0.25, -0.2) is 0 Å². The van der Waals surface area contributed by atoms with E-state index < -0.39 is 0 Å². The van der Waals surface area contributed by atoms with E-state index in [0.717, 1.165) is 6.42 Å². The van der Waals surface area contributed by atoms with Crippen LogP contribution in [0.5, 0.6) is 0 Å². The standard InChI is InChI=1S/C14H17NO3/c1-2-10(5-6-16)15-13(17)11-8-3-4-9(7-8)12(11)14(15)18/h2-4,8-12,16H,1,5-7H2. The number of aliphatic hydroxyl groups is 1. The lowest BCUT2D eigenvalue weighted by Crippen LogP contribution is -2.41. The number of carbonyl (C=O) groups excluding carboxylic acids is 2. The molecule has 1 heterocycles. The molecule has 3 rings (SSSR count). The number of rotatable bonds is 4. The molecule has 2 aliphatic carbocycles. The van der Waals surface area contributed by atoms with Crippen LogP contribution in [0, 0.1) is 23.7 Å². The van der Waals surface area contributed by atoms with Gasteiger partial charge in [-0.2, -0.15) is 0 Å². The van der Waals surface area contributed by atoms with Crippen molar-refractivity contribution in [2.45, 2.75) is 18.9 Å². The molecule has 4 heteroatoms. The molecule has 5 atom stereocenters. The van der Waals surface area contributed by atoms with Crippen molar-refractivity contribution in [2.75, 3.05) is 6.61 Å². The van der Waals surface area contributed by atoms with Crippen LogP contribution in [0.15, 0.2) is 24.8 Å². The van der Waals surface area contributed by atoms with Gasteiger partial charge in [-0.3, -0.25) is 14.5 Å². The number of carbonyl (C=O) groups is 2. The number of likely N-dealkylation sites (tertiary alicyclic amines) is 1. The van der Waals surface area contributed by atoms with E-state index in [2.05, 4.69) is 18.7 Å². The molecule has 3 aliphatic rings. The molecule has 18 heavy (non-hydrogen) atoms. The summed E-state index contributed by atoms with van der Waals surface area (Å²) in [7, 11) is 0. The molecule has 2 amide bonds. The minimum Gasteiger partial charge on any atom is -0.396 e. The summed E-state index contributed by atoms with van der Waals surface area (Å²) in [5.74, 6) is 0.0183. The van der Waals surface area contributed by atoms with Crippen LogP contribution in [0.4, 0.5) is 0 Å². The van der Waals surface area contributed by atoms with Gasteiger partial charge < -0.3 is 5.11 Å². The summed E-state index contributed by atoms with van der Waals surface area (Å²) < 4.78 is 0. The third-order valence-corrected chi connectivity index (χ3v) is 4.53. The Kier molecular flexibility index (Phi) is 2.63. The SMILES string of the molecule is C=CC(CCO)N1C(=O)C2C3C=CC(C3)C2C1=O. The first kappa shape index (κ1) is 11.7. The molecule has 96 valence electrons. The van der Waals surface area contributed by atoms with E-state index in [-0.39, 0.29) is 48.1 Å². The van der Waals surface area contributed by atoms with Gasteiger partial charge in [0.2, 0.25) is 11.8 Å². The van der Waals surface area contributed by atoms with Crippen molar-refractivity contribution in [3.05, 3.63) is 24.8 Å². The summed E-state index contributed by atoms with van der Waals surface area (Å²) in [6.45, 7) is 3.62. The molecule has 0 radical (unpaired) electrons. The average Bonchev–Trinajstić information content (AvgIpc) is 3.02. The Labute approximate surface area is 106 Å². The quantitative estimate of drug-likeness (QED) is 0.588. The smallest absolute Gasteiger partial charge is 0.234 e. The predicted octanol–water partition coefficient (Wildman–Crippen LogP) is 0.730. The third-order valence-electron chi connectivity index (χ3n) is 4.53. The highest BCUT2D eigenvalue weighted by molar-refractivity contribution is 6.06. The molecular formula is C14H17NO3. The molecule has 1 saturated heterocycles. The van der Waals surface area contributed by atoms with Crippen LogP contribution in [0.1, 0.15) is 12.8 Å². The van der Waals surface area contributed by atoms with Crippen LogP contribution in [0.25, 0.3) is 0 Å². The van der Waals surface area contributed by atoms with E-state index in [1.807, 2.05) is 0 Å². The van der Waals surface area contributed by atoms with Crippen molar-refractivity contribution in [1.29, 1.82) is 0 Å². The number of hydrogen-bond acceptors (Lipinski definition) is 3. The van der Waals surface area contributed by atoms with Crippen LogP contribution in [0.2, 0.25) is 0 Å². The summed E-state index contributed by atoms with van der Waals surface area (Å²) in [5, 5.41) is 9.01. The van der Waals surface area contributed by atoms with Gasteiger partial charge in [0.05, 0.1) is 17.9 Å². The molecule has 5 unspecified atom stereocenters. The normalized spacial score (nSPS) is 38.4. The minimum atomic E-state index is -0.361. The molecule has 2 fully saturated rings. The topological polar surface area (TPSA) is 57.6 Å². The highest BCUT2D eigenvalue weighted by Gasteiger charge is 2.59. The Morgan fingerprint density at radius 3 is 2.33 bits per heavy atom. The Morgan fingerprint density at radius 2 is 1.89 bits per heavy atom. The third kappa shape index (κ3) is 1.35. The zero-order chi connectivity index (χ0) is 12.9. The summed E-state index contributed by atoms with van der Waals surface area (Å²) in [4.78, 5) is 26.1. The zero-order valence-corrected chi connectivity index (χ0v) is 10.2. The number of nitrogens with zero attached hydrogens (tertiary/aromatic N) is 1. The molecule has 1 N–H and O–H groups in total. The Balaban J connectivity index is 1.89. The van der Waals surface area contributed by atoms with Gasteiger partial charge in [0.15, 0.2) is 0 Å². The fourth-order valence-electron chi connectivity index (χ4n) is 3.74. The Morgan fingerprint density at radius 1 is 1.33 bits per heavy atom. The Hall–Kier alpha value is -1.42. The summed E-state index contributed by atoms with van der Waals surface area (Å²) in [6.07, 6.45) is 7.07. The van der Waals surface area contributed by atoms with Crippen LogP contribution < -0.4 is 0 Å². The van der Waals surface area contributed by atoms with Crippen molar-refractivity contribution in [1.82, 2.24) is 4.90 Å². The summed E-state index contributed by atoms with van der Waals surface area (Å²) in [6, 6.07) is -0.361. The number of hydrogen-bond donors (Lipinski definition) is 1. The molecule has 0 spiro atoms. The van der Waals surface area contributed by atoms with Gasteiger partial charge in [-0.05, 0) is 24.7 Å². The van der Waals surface area contributed by atoms with Gasteiger partial charge in [0, 0.05) is 6.61 Å². The molecule has 0 aromatic carbocycles. The van der Waals surface area contributed by atoms with E-state index in [1.54, 1.807) is 6.08 Å². The van der Waals surface area contributed by atoms with Crippen molar-refractivity contribution in [3.63, 3.8) is 0 Å². The molecule has 0 aromatic heterocycles. The van der Waals surface area contributed by atoms with Gasteiger partial charge in [0.25, 0.3) is 0 Å². The van der Waals surface area contributed by atoms with E-state index in [9.17, 15) is 9.59 Å². The van der Waals surface area contributed by atoms with Crippen LogP contribution in [-0.2, 0) is 9.59 Å². The van der Waals surface area contributed by atoms with Crippen molar-refractivity contribution in [3.8, 4) is 0 Å². The molecule has 1 saturated carbocycles. The highest BCUT2D eigenvalue weighted by atomic mass is 16.3. The minimum absolute atomic E-state index is 0.0474. The van der Waals surface area contributed by atoms with Gasteiger partial charge in [-0.1, -0.05) is 18.2 Å². The number of amides is 2. The monoisotopic (exact) mass is 247 g/mol. The summed E-state index contributed by atoms with van der Waals surface area (Å²) in [5.41, 5.74) is 0. The van der Waals surface area contributed by atoms with Crippen molar-refractivity contribution >= 4 is 11.8 Å². The van der Waals surface area contributed by atoms with Gasteiger partial charge in [0.1, 0.15) is 0 Å². The molecule has 4 nitrogen and oxygen atoms in total. The summed E-state index contributed by atoms with van der Waals surface area (Å²) >= 11 is 0. The number of imide groups is 1. The lowest BCUT2D eigenvalue weighted by molar-refractivity contribution is -0.142. The largest absolute Gasteiger partial charge is 0.396 e. The van der Waals surface area contributed by atoms with E-state index in [4.69, 9.17) is 5.11 Å². The van der Waals surface area contributed by atoms with Crippen LogP contribution in [0.3, 0.4) is 0 Å². The number of aliphatic hydroxyl groups excluding tert-OH is 1. The Bertz CT molecular complexity index is 412. The maximum Gasteiger partial charge on any atom is 0.234 e. The van der Waals surface area contributed by atoms with Gasteiger partial charge >= 0.3 is 0 Å². The molecule has 0 aromatic rings. The average molecular weight is 247 g/mol. The lowest BCUT2D eigenvalue weighted by atomic mass is 9.85. The van der Waals surface area contributed by atoms with E-state index >= 15 is 0 Å². The van der Waals surface area contributed by atoms with E-state index in [0.29, 0.717) is 6.42 Å². The molecule has 1 aliphatic heterocycles. The van der Waals surface area contributed by atoms with Crippen LogP contribution in [-0.4, -0.2) is 34.5 Å². The second-order valence-electron chi connectivity index (χ2n) is 5.36. The fourth-order valence-corrected chi connectivity index (χ4v) is 3.74. The number of fused-ring (bicyclic) bond motifs is 5. The zero-order valence-electron chi connectivity index (χ0n) is 10.2. The van der Waals surface area contributed by atoms with E-state index in [1.165, 1.54) is 4.90 Å². The predicted molar refractivity (Wildman–Crippen MR) is 65.3 cm³/mol. The van der Waals surface area contributed by atoms with Crippen molar-refractivity contribution in [2.24, 2.45) is 23.7 Å². The second kappa shape index (κ2) is 4.05. The molecular weight excluding hydrogens is 230 g/mol. The van der Waals surface area contributed by atoms with Gasteiger partial charge in [-0.15, -0.1) is 6.58 Å². The van der Waals surface area contributed by atoms with Crippen molar-refractivity contribution < 1.29 is 14.7 Å². The maximum absolute atomic E-state index is 12.4. The second-order valence-corrected chi connectivity index (χ2v) is 5.36. The first-order chi connectivity index (χ1) is 8.69. The first-order valence-electron chi connectivity index (χ1n) is 6.47. The highest BCUT2D eigenvalue weighted by Crippen LogP contribution is 2.52. The molecule has 2 bridgehead atoms. The first-order valence-corrected chi connectivity index (χ1v) is 6.47.